The van der Waals surface area contributed by atoms with Gasteiger partial charge in [-0.25, -0.2) is 4.79 Å². The zero-order chi connectivity index (χ0) is 11.7. The Morgan fingerprint density at radius 2 is 2.00 bits per heavy atom. The van der Waals surface area contributed by atoms with Crippen LogP contribution in [0.25, 0.3) is 0 Å². The first-order valence-corrected chi connectivity index (χ1v) is 5.62. The number of benzene rings is 1. The predicted octanol–water partition coefficient (Wildman–Crippen LogP) is 2.48. The molecule has 16 heavy (non-hydrogen) atoms. The number of carboxylic acid groups (broad SMARTS) is 1. The van der Waals surface area contributed by atoms with Gasteiger partial charge in [-0.3, -0.25) is 0 Å². The van der Waals surface area contributed by atoms with Crippen LogP contribution in [0.3, 0.4) is 0 Å². The summed E-state index contributed by atoms with van der Waals surface area (Å²) in [5.74, 6) is 0.787. The molecule has 2 rings (SSSR count). The highest BCUT2D eigenvalue weighted by atomic mass is 16.4. The molecule has 0 radical (unpaired) electrons. The Kier molecular flexibility index (Phi) is 2.86. The number of carbonyl (C=O) groups is 1. The number of hydrogen-bond acceptors (Lipinski definition) is 2. The van der Waals surface area contributed by atoms with Gasteiger partial charge in [-0.2, -0.15) is 0 Å². The molecular weight excluding hydrogens is 202 g/mol. The molecule has 1 saturated carbocycles. The van der Waals surface area contributed by atoms with Crippen LogP contribution in [0.15, 0.2) is 24.3 Å². The molecule has 3 nitrogen and oxygen atoms in total. The molecular formula is C13H17NO2. The van der Waals surface area contributed by atoms with Crippen molar-refractivity contribution in [3.8, 4) is 0 Å². The minimum absolute atomic E-state index is 0.344. The van der Waals surface area contributed by atoms with Crippen LogP contribution in [-0.2, 0) is 0 Å². The second kappa shape index (κ2) is 4.16. The van der Waals surface area contributed by atoms with Gasteiger partial charge in [0.15, 0.2) is 0 Å². The van der Waals surface area contributed by atoms with Gasteiger partial charge in [-0.15, -0.1) is 0 Å². The lowest BCUT2D eigenvalue weighted by Crippen LogP contribution is -2.20. The van der Waals surface area contributed by atoms with Gasteiger partial charge in [0.05, 0.1) is 5.56 Å². The third-order valence-corrected chi connectivity index (χ3v) is 3.34. The minimum Gasteiger partial charge on any atom is -0.478 e. The zero-order valence-corrected chi connectivity index (χ0v) is 9.68. The summed E-state index contributed by atoms with van der Waals surface area (Å²) >= 11 is 0. The summed E-state index contributed by atoms with van der Waals surface area (Å²) in [4.78, 5) is 12.9. The molecule has 3 heteroatoms. The third-order valence-electron chi connectivity index (χ3n) is 3.34. The Balaban J connectivity index is 2.00. The first-order chi connectivity index (χ1) is 7.58. The van der Waals surface area contributed by atoms with Crippen molar-refractivity contribution in [3.05, 3.63) is 29.8 Å². The zero-order valence-electron chi connectivity index (χ0n) is 9.68. The molecule has 1 N–H and O–H groups in total. The van der Waals surface area contributed by atoms with Gasteiger partial charge in [-0.1, -0.05) is 6.92 Å². The fourth-order valence-corrected chi connectivity index (χ4v) is 1.97. The van der Waals surface area contributed by atoms with E-state index in [9.17, 15) is 4.79 Å². The minimum atomic E-state index is -0.870. The first kappa shape index (κ1) is 11.0. The van der Waals surface area contributed by atoms with Gasteiger partial charge < -0.3 is 10.0 Å². The first-order valence-electron chi connectivity index (χ1n) is 5.62. The van der Waals surface area contributed by atoms with Gasteiger partial charge in [0.25, 0.3) is 0 Å². The highest BCUT2D eigenvalue weighted by molar-refractivity contribution is 5.88. The normalized spacial score (nSPS) is 22.9. The van der Waals surface area contributed by atoms with E-state index in [2.05, 4.69) is 18.9 Å². The molecule has 0 amide bonds. The van der Waals surface area contributed by atoms with Gasteiger partial charge in [0.2, 0.25) is 0 Å². The van der Waals surface area contributed by atoms with Crippen molar-refractivity contribution >= 4 is 11.7 Å². The standard InChI is InChI=1S/C13H17NO2/c1-9-7-11(9)8-14(2)12-5-3-10(4-6-12)13(15)16/h3-6,9,11H,7-8H2,1-2H3,(H,15,16). The summed E-state index contributed by atoms with van der Waals surface area (Å²) in [6.45, 7) is 3.33. The van der Waals surface area contributed by atoms with Crippen molar-refractivity contribution in [1.82, 2.24) is 0 Å². The highest BCUT2D eigenvalue weighted by Crippen LogP contribution is 2.38. The smallest absolute Gasteiger partial charge is 0.335 e. The molecule has 2 unspecified atom stereocenters. The van der Waals surface area contributed by atoms with Crippen LogP contribution in [0.4, 0.5) is 5.69 Å². The molecule has 1 aromatic rings. The summed E-state index contributed by atoms with van der Waals surface area (Å²) in [6, 6.07) is 7.06. The maximum atomic E-state index is 10.7. The summed E-state index contributed by atoms with van der Waals surface area (Å²) in [5.41, 5.74) is 1.43. The van der Waals surface area contributed by atoms with Crippen molar-refractivity contribution in [1.29, 1.82) is 0 Å². The molecule has 0 saturated heterocycles. The molecule has 1 aromatic carbocycles. The van der Waals surface area contributed by atoms with Crippen LogP contribution in [0, 0.1) is 11.8 Å². The van der Waals surface area contributed by atoms with Crippen LogP contribution >= 0.6 is 0 Å². The van der Waals surface area contributed by atoms with E-state index >= 15 is 0 Å². The number of rotatable bonds is 4. The van der Waals surface area contributed by atoms with Gasteiger partial charge in [0, 0.05) is 19.3 Å². The Morgan fingerprint density at radius 1 is 1.44 bits per heavy atom. The SMILES string of the molecule is CC1CC1CN(C)c1ccc(C(=O)O)cc1. The molecule has 0 heterocycles. The van der Waals surface area contributed by atoms with E-state index in [4.69, 9.17) is 5.11 Å². The Morgan fingerprint density at radius 3 is 2.44 bits per heavy atom. The Bertz CT molecular complexity index is 385. The van der Waals surface area contributed by atoms with Gasteiger partial charge in [0.1, 0.15) is 0 Å². The summed E-state index contributed by atoms with van der Waals surface area (Å²) in [6.07, 6.45) is 1.32. The molecule has 0 aliphatic heterocycles. The molecule has 0 aromatic heterocycles. The van der Waals surface area contributed by atoms with Crippen LogP contribution in [0.5, 0.6) is 0 Å². The molecule has 1 aliphatic carbocycles. The average Bonchev–Trinajstić information content (AvgIpc) is 2.94. The Hall–Kier alpha value is -1.51. The van der Waals surface area contributed by atoms with E-state index < -0.39 is 5.97 Å². The van der Waals surface area contributed by atoms with Crippen molar-refractivity contribution < 1.29 is 9.90 Å². The van der Waals surface area contributed by atoms with E-state index in [-0.39, 0.29) is 0 Å². The maximum Gasteiger partial charge on any atom is 0.335 e. The van der Waals surface area contributed by atoms with E-state index in [0.717, 1.165) is 24.1 Å². The number of carboxylic acids is 1. The third kappa shape index (κ3) is 2.35. The Labute approximate surface area is 95.7 Å². The maximum absolute atomic E-state index is 10.7. The van der Waals surface area contributed by atoms with Crippen LogP contribution in [0.1, 0.15) is 23.7 Å². The monoisotopic (exact) mass is 219 g/mol. The van der Waals surface area contributed by atoms with E-state index in [1.807, 2.05) is 12.1 Å². The topological polar surface area (TPSA) is 40.5 Å². The second-order valence-corrected chi connectivity index (χ2v) is 4.71. The number of hydrogen-bond donors (Lipinski definition) is 1. The van der Waals surface area contributed by atoms with E-state index in [1.54, 1.807) is 12.1 Å². The molecule has 2 atom stereocenters. The van der Waals surface area contributed by atoms with Gasteiger partial charge in [-0.05, 0) is 42.5 Å². The van der Waals surface area contributed by atoms with Crippen LogP contribution in [-0.4, -0.2) is 24.7 Å². The molecule has 1 fully saturated rings. The van der Waals surface area contributed by atoms with Crippen LogP contribution in [0.2, 0.25) is 0 Å². The predicted molar refractivity (Wildman–Crippen MR) is 63.9 cm³/mol. The fourth-order valence-electron chi connectivity index (χ4n) is 1.97. The largest absolute Gasteiger partial charge is 0.478 e. The lowest BCUT2D eigenvalue weighted by atomic mass is 10.2. The second-order valence-electron chi connectivity index (χ2n) is 4.71. The van der Waals surface area contributed by atoms with Gasteiger partial charge >= 0.3 is 5.97 Å². The molecule has 86 valence electrons. The summed E-state index contributed by atoms with van der Waals surface area (Å²) in [5, 5.41) is 8.79. The van der Waals surface area contributed by atoms with Crippen molar-refractivity contribution in [2.24, 2.45) is 11.8 Å². The van der Waals surface area contributed by atoms with Crippen molar-refractivity contribution in [2.75, 3.05) is 18.5 Å². The molecule has 0 spiro atoms. The summed E-state index contributed by atoms with van der Waals surface area (Å²) in [7, 11) is 2.06. The number of anilines is 1. The summed E-state index contributed by atoms with van der Waals surface area (Å²) < 4.78 is 0. The number of aromatic carboxylic acids is 1. The van der Waals surface area contributed by atoms with E-state index in [1.165, 1.54) is 6.42 Å². The lowest BCUT2D eigenvalue weighted by molar-refractivity contribution is 0.0697. The average molecular weight is 219 g/mol. The quantitative estimate of drug-likeness (QED) is 0.845. The molecule has 1 aliphatic rings. The van der Waals surface area contributed by atoms with Crippen molar-refractivity contribution in [2.45, 2.75) is 13.3 Å². The van der Waals surface area contributed by atoms with Crippen molar-refractivity contribution in [3.63, 3.8) is 0 Å². The highest BCUT2D eigenvalue weighted by Gasteiger charge is 2.33. The molecule has 0 bridgehead atoms. The number of nitrogens with zero attached hydrogens (tertiary/aromatic N) is 1. The van der Waals surface area contributed by atoms with Crippen LogP contribution < -0.4 is 4.90 Å². The lowest BCUT2D eigenvalue weighted by Gasteiger charge is -2.19. The van der Waals surface area contributed by atoms with E-state index in [0.29, 0.717) is 5.56 Å². The fraction of sp³-hybridized carbons (Fsp3) is 0.462.